The number of H-pyrrole nitrogens is 2. The average Bonchev–Trinajstić information content (AvgIpc) is 3.94. The predicted octanol–water partition coefficient (Wildman–Crippen LogP) is 8.67. The highest BCUT2D eigenvalue weighted by molar-refractivity contribution is 8.01. The largest absolute Gasteiger partial charge is 0.340 e. The summed E-state index contributed by atoms with van der Waals surface area (Å²) in [7, 11) is 0. The molecule has 3 aliphatic rings. The maximum atomic E-state index is 14.0. The maximum Gasteiger partial charge on any atom is 0.240 e. The van der Waals surface area contributed by atoms with Crippen LogP contribution in [0.25, 0.3) is 22.3 Å². The summed E-state index contributed by atoms with van der Waals surface area (Å²) < 4.78 is -0.823. The van der Waals surface area contributed by atoms with E-state index in [-0.39, 0.29) is 28.7 Å². The van der Waals surface area contributed by atoms with Crippen LogP contribution in [0.4, 0.5) is 0 Å². The number of aromatic nitrogens is 4. The van der Waals surface area contributed by atoms with Gasteiger partial charge in [-0.15, -0.1) is 11.8 Å². The second kappa shape index (κ2) is 14.1. The molecule has 7 rings (SSSR count). The Morgan fingerprint density at radius 1 is 1.04 bits per heavy atom. The summed E-state index contributed by atoms with van der Waals surface area (Å²) >= 11 is 8.47. The van der Waals surface area contributed by atoms with Gasteiger partial charge in [0.1, 0.15) is 16.5 Å². The second-order valence-corrected chi connectivity index (χ2v) is 19.9. The van der Waals surface area contributed by atoms with Crippen molar-refractivity contribution < 1.29 is 9.59 Å². The minimum atomic E-state index is -0.823. The number of thioether (sulfide) groups is 2. The molecular formula is C42H52N6O2S3. The van der Waals surface area contributed by atoms with Crippen LogP contribution in [0.15, 0.2) is 48.7 Å². The first-order chi connectivity index (χ1) is 25.1. The van der Waals surface area contributed by atoms with Crippen molar-refractivity contribution in [1.29, 1.82) is 0 Å². The van der Waals surface area contributed by atoms with Gasteiger partial charge in [-0.2, -0.15) is 24.4 Å². The van der Waals surface area contributed by atoms with Crippen LogP contribution in [-0.4, -0.2) is 76.6 Å². The number of thiol groups is 1. The Kier molecular flexibility index (Phi) is 10.1. The molecule has 0 radical (unpaired) electrons. The number of nitrogens with zero attached hydrogens (tertiary/aromatic N) is 4. The van der Waals surface area contributed by atoms with Crippen molar-refractivity contribution in [2.45, 2.75) is 95.1 Å². The van der Waals surface area contributed by atoms with E-state index in [0.717, 1.165) is 83.0 Å². The molecule has 5 atom stereocenters. The lowest BCUT2D eigenvalue weighted by molar-refractivity contribution is -0.142. The van der Waals surface area contributed by atoms with Crippen molar-refractivity contribution in [3.8, 4) is 23.1 Å². The van der Waals surface area contributed by atoms with Crippen molar-refractivity contribution in [2.75, 3.05) is 25.1 Å². The number of carbonyl (C=O) groups excluding carboxylic acids is 2. The molecule has 53 heavy (non-hydrogen) atoms. The summed E-state index contributed by atoms with van der Waals surface area (Å²) in [6.07, 6.45) is 7.60. The first-order valence-corrected chi connectivity index (χ1v) is 21.5. The Morgan fingerprint density at radius 2 is 1.75 bits per heavy atom. The lowest BCUT2D eigenvalue weighted by Crippen LogP contribution is -2.56. The van der Waals surface area contributed by atoms with E-state index in [1.807, 2.05) is 60.1 Å². The lowest BCUT2D eigenvalue weighted by Gasteiger charge is -2.49. The fourth-order valence-corrected chi connectivity index (χ4v) is 10.8. The standard InChI is InChI=1S/C42H52N6O2S3/c1-26(2)34-40(6,25-53-34)37(49)47-21-9-11-33(47)35-43-24-32(44-35)29-17-14-27(15-18-29)12-13-28-16-19-30-31(23-28)46-36(45-30)42(52-8)20-10-22-48(42)38(50)41(7,51)39(3,4)5/h14-19,23-24,26,33-34,51H,9-11,20-22,25H2,1-8H3,(H,43,44)(H,45,46). The van der Waals surface area contributed by atoms with E-state index in [1.54, 1.807) is 11.8 Å². The Morgan fingerprint density at radius 3 is 2.42 bits per heavy atom. The lowest BCUT2D eigenvalue weighted by atomic mass is 9.80. The Balaban J connectivity index is 1.05. The molecular weight excluding hydrogens is 717 g/mol. The molecule has 2 aromatic carbocycles. The molecule has 0 bridgehead atoms. The first kappa shape index (κ1) is 38.0. The molecule has 11 heteroatoms. The Hall–Kier alpha value is -3.33. The number of fused-ring (bicyclic) bond motifs is 1. The van der Waals surface area contributed by atoms with Crippen LogP contribution in [0.1, 0.15) is 103 Å². The predicted molar refractivity (Wildman–Crippen MR) is 222 cm³/mol. The molecule has 2 N–H and O–H groups in total. The van der Waals surface area contributed by atoms with Gasteiger partial charge in [-0.3, -0.25) is 9.59 Å². The molecule has 3 saturated heterocycles. The highest BCUT2D eigenvalue weighted by Crippen LogP contribution is 2.52. The molecule has 8 nitrogen and oxygen atoms in total. The van der Waals surface area contributed by atoms with Crippen LogP contribution >= 0.6 is 36.2 Å². The summed E-state index contributed by atoms with van der Waals surface area (Å²) in [6, 6.07) is 14.2. The number of benzene rings is 2. The van der Waals surface area contributed by atoms with Crippen molar-refractivity contribution >= 4 is 59.0 Å². The highest BCUT2D eigenvalue weighted by atomic mass is 32.2. The third-order valence-electron chi connectivity index (χ3n) is 11.9. The number of imidazole rings is 2. The molecule has 0 saturated carbocycles. The molecule has 2 amide bonds. The fraction of sp³-hybridized carbons (Fsp3) is 0.524. The monoisotopic (exact) mass is 768 g/mol. The van der Waals surface area contributed by atoms with E-state index < -0.39 is 9.62 Å². The van der Waals surface area contributed by atoms with Gasteiger partial charge < -0.3 is 19.8 Å². The van der Waals surface area contributed by atoms with Gasteiger partial charge >= 0.3 is 0 Å². The van der Waals surface area contributed by atoms with Gasteiger partial charge in [0, 0.05) is 35.2 Å². The summed E-state index contributed by atoms with van der Waals surface area (Å²) in [6.45, 7) is 16.2. The van der Waals surface area contributed by atoms with Gasteiger partial charge in [-0.25, -0.2) is 9.97 Å². The van der Waals surface area contributed by atoms with Crippen LogP contribution in [0.3, 0.4) is 0 Å². The van der Waals surface area contributed by atoms with Crippen LogP contribution in [-0.2, 0) is 14.5 Å². The van der Waals surface area contributed by atoms with Gasteiger partial charge in [-0.05, 0) is 93.0 Å². The van der Waals surface area contributed by atoms with Gasteiger partial charge in [0.05, 0.1) is 39.1 Å². The summed E-state index contributed by atoms with van der Waals surface area (Å²) in [5, 5.41) is 0.369. The van der Waals surface area contributed by atoms with Crippen molar-refractivity contribution in [3.63, 3.8) is 0 Å². The average molecular weight is 769 g/mol. The zero-order valence-electron chi connectivity index (χ0n) is 32.2. The van der Waals surface area contributed by atoms with Crippen molar-refractivity contribution in [1.82, 2.24) is 29.7 Å². The van der Waals surface area contributed by atoms with Crippen LogP contribution in [0.5, 0.6) is 0 Å². The normalized spacial score (nSPS) is 25.7. The first-order valence-electron chi connectivity index (χ1n) is 18.8. The molecule has 280 valence electrons. The summed E-state index contributed by atoms with van der Waals surface area (Å²) in [4.78, 5) is 48.1. The zero-order valence-corrected chi connectivity index (χ0v) is 34.7. The van der Waals surface area contributed by atoms with E-state index in [0.29, 0.717) is 17.7 Å². The Labute approximate surface area is 328 Å². The molecule has 4 aromatic rings. The number of hydrogen-bond acceptors (Lipinski definition) is 7. The van der Waals surface area contributed by atoms with E-state index in [2.05, 4.69) is 86.6 Å². The Bertz CT molecular complexity index is 2090. The zero-order chi connectivity index (χ0) is 37.9. The van der Waals surface area contributed by atoms with Gasteiger partial charge in [0.15, 0.2) is 0 Å². The number of hydrogen-bond donors (Lipinski definition) is 3. The van der Waals surface area contributed by atoms with Crippen LogP contribution < -0.4 is 0 Å². The number of amides is 2. The number of likely N-dealkylation sites (tertiary alicyclic amines) is 2. The van der Waals surface area contributed by atoms with E-state index in [4.69, 9.17) is 22.6 Å². The van der Waals surface area contributed by atoms with Crippen LogP contribution in [0, 0.1) is 28.6 Å². The SMILES string of the molecule is CSC1(c2nc3ccc(C#Cc4ccc(-c5cnc(C6CCCN6C(=O)C6(C)CSC6C(C)C)[nH]5)cc4)cc3[nH]2)CCCN1C(=O)C(C)(S)C(C)(C)C. The third-order valence-corrected chi connectivity index (χ3v) is 16.2. The van der Waals surface area contributed by atoms with Crippen LogP contribution in [0.2, 0.25) is 0 Å². The molecule has 2 aromatic heterocycles. The number of carbonyl (C=O) groups is 2. The molecule has 3 fully saturated rings. The minimum Gasteiger partial charge on any atom is -0.340 e. The van der Waals surface area contributed by atoms with Crippen molar-refractivity contribution in [3.05, 3.63) is 71.4 Å². The summed E-state index contributed by atoms with van der Waals surface area (Å²) in [5.74, 6) is 10.00. The molecule has 0 spiro atoms. The third kappa shape index (κ3) is 6.61. The van der Waals surface area contributed by atoms with Gasteiger partial charge in [0.25, 0.3) is 0 Å². The molecule has 5 unspecified atom stereocenters. The number of aromatic amines is 2. The highest BCUT2D eigenvalue weighted by Gasteiger charge is 2.55. The topological polar surface area (TPSA) is 98.0 Å². The maximum absolute atomic E-state index is 14.0. The molecule has 0 aliphatic carbocycles. The van der Waals surface area contributed by atoms with Gasteiger partial charge in [0.2, 0.25) is 11.8 Å². The summed E-state index contributed by atoms with van der Waals surface area (Å²) in [5.41, 5.74) is 4.91. The quantitative estimate of drug-likeness (QED) is 0.129. The van der Waals surface area contributed by atoms with E-state index in [9.17, 15) is 9.59 Å². The molecule has 3 aliphatic heterocycles. The smallest absolute Gasteiger partial charge is 0.240 e. The van der Waals surface area contributed by atoms with E-state index in [1.165, 1.54) is 0 Å². The molecule has 5 heterocycles. The van der Waals surface area contributed by atoms with Crippen molar-refractivity contribution in [2.24, 2.45) is 16.7 Å². The van der Waals surface area contributed by atoms with Gasteiger partial charge in [-0.1, -0.05) is 58.6 Å². The number of nitrogens with one attached hydrogen (secondary N) is 2. The number of rotatable bonds is 7. The second-order valence-electron chi connectivity index (χ2n) is 16.7. The fourth-order valence-electron chi connectivity index (χ4n) is 8.16. The minimum absolute atomic E-state index is 0.0110. The van der Waals surface area contributed by atoms with E-state index >= 15 is 0 Å².